The number of imide groups is 1. The molecule has 0 N–H and O–H groups in total. The van der Waals surface area contributed by atoms with Gasteiger partial charge in [0.2, 0.25) is 17.7 Å². The molecule has 3 unspecified atom stereocenters. The average Bonchev–Trinajstić information content (AvgIpc) is 2.96. The van der Waals surface area contributed by atoms with E-state index in [1.54, 1.807) is 0 Å². The Morgan fingerprint density at radius 2 is 1.58 bits per heavy atom. The van der Waals surface area contributed by atoms with Crippen molar-refractivity contribution in [2.24, 2.45) is 17.8 Å². The number of nitrogens with zero attached hydrogens (tertiary/aromatic N) is 2. The van der Waals surface area contributed by atoms with Crippen molar-refractivity contribution >= 4 is 17.7 Å². The Hall–Kier alpha value is -2.64. The smallest absolute Gasteiger partial charge is 0.340 e. The maximum Gasteiger partial charge on any atom is 0.416 e. The van der Waals surface area contributed by atoms with E-state index in [0.717, 1.165) is 17.0 Å². The van der Waals surface area contributed by atoms with E-state index in [4.69, 9.17) is 0 Å². The molecule has 1 aromatic rings. The van der Waals surface area contributed by atoms with Crippen molar-refractivity contribution < 1.29 is 27.6 Å². The first-order chi connectivity index (χ1) is 14.5. The van der Waals surface area contributed by atoms with Crippen molar-refractivity contribution in [1.29, 1.82) is 0 Å². The Bertz CT molecular complexity index is 851. The highest BCUT2D eigenvalue weighted by Gasteiger charge is 2.51. The van der Waals surface area contributed by atoms with E-state index in [-0.39, 0.29) is 30.2 Å². The highest BCUT2D eigenvalue weighted by molar-refractivity contribution is 6.08. The van der Waals surface area contributed by atoms with E-state index >= 15 is 0 Å². The van der Waals surface area contributed by atoms with Gasteiger partial charge in [0.25, 0.3) is 0 Å². The van der Waals surface area contributed by atoms with Crippen molar-refractivity contribution in [2.75, 3.05) is 7.05 Å². The third-order valence-electron chi connectivity index (χ3n) is 5.91. The number of likely N-dealkylation sites (N-methyl/N-ethyl adjacent to an activating group) is 1. The van der Waals surface area contributed by atoms with Gasteiger partial charge in [0, 0.05) is 13.6 Å². The van der Waals surface area contributed by atoms with Crippen LogP contribution in [0.4, 0.5) is 13.2 Å². The third kappa shape index (κ3) is 4.83. The molecule has 0 saturated carbocycles. The summed E-state index contributed by atoms with van der Waals surface area (Å²) >= 11 is 0. The van der Waals surface area contributed by atoms with Crippen molar-refractivity contribution in [3.8, 4) is 0 Å². The van der Waals surface area contributed by atoms with Crippen LogP contribution in [0.2, 0.25) is 0 Å². The van der Waals surface area contributed by atoms with Gasteiger partial charge in [-0.3, -0.25) is 19.3 Å². The second-order valence-corrected chi connectivity index (χ2v) is 8.74. The van der Waals surface area contributed by atoms with Crippen molar-refractivity contribution in [3.63, 3.8) is 0 Å². The summed E-state index contributed by atoms with van der Waals surface area (Å²) in [5, 5.41) is 0. The molecule has 3 amide bonds. The lowest BCUT2D eigenvalue weighted by Crippen LogP contribution is -2.50. The number of alkyl halides is 3. The topological polar surface area (TPSA) is 57.7 Å². The number of halogens is 3. The third-order valence-corrected chi connectivity index (χ3v) is 5.91. The SMILES string of the molecule is CC(C)CC(C(=O)N(C)Cc1ccc(C(F)(F)F)cc1)N1C(=O)C2CC=CCC2C1=O. The van der Waals surface area contributed by atoms with Gasteiger partial charge in [0.1, 0.15) is 6.04 Å². The molecule has 1 aliphatic heterocycles. The number of carbonyl (C=O) groups is 3. The molecular weight excluding hydrogens is 409 g/mol. The molecule has 1 aromatic carbocycles. The maximum atomic E-state index is 13.3. The van der Waals surface area contributed by atoms with Crippen LogP contribution < -0.4 is 0 Å². The number of likely N-dealkylation sites (tertiary alicyclic amines) is 1. The van der Waals surface area contributed by atoms with E-state index in [1.807, 2.05) is 26.0 Å². The largest absolute Gasteiger partial charge is 0.416 e. The van der Waals surface area contributed by atoms with Crippen LogP contribution in [-0.4, -0.2) is 40.6 Å². The molecule has 3 rings (SSSR count). The molecule has 1 saturated heterocycles. The highest BCUT2D eigenvalue weighted by Crippen LogP contribution is 2.37. The van der Waals surface area contributed by atoms with Gasteiger partial charge >= 0.3 is 6.18 Å². The fourth-order valence-electron chi connectivity index (χ4n) is 4.30. The van der Waals surface area contributed by atoms with Gasteiger partial charge in [-0.15, -0.1) is 0 Å². The molecule has 1 fully saturated rings. The molecule has 2 aliphatic rings. The van der Waals surface area contributed by atoms with E-state index < -0.39 is 29.6 Å². The van der Waals surface area contributed by atoms with E-state index in [2.05, 4.69) is 0 Å². The summed E-state index contributed by atoms with van der Waals surface area (Å²) in [7, 11) is 1.53. The van der Waals surface area contributed by atoms with Gasteiger partial charge in [-0.25, -0.2) is 0 Å². The summed E-state index contributed by atoms with van der Waals surface area (Å²) in [6.07, 6.45) is 0.689. The fraction of sp³-hybridized carbons (Fsp3) is 0.522. The number of fused-ring (bicyclic) bond motifs is 1. The van der Waals surface area contributed by atoms with Gasteiger partial charge in [0.05, 0.1) is 17.4 Å². The average molecular weight is 436 g/mol. The number of hydrogen-bond acceptors (Lipinski definition) is 3. The van der Waals surface area contributed by atoms with Gasteiger partial charge in [-0.2, -0.15) is 13.2 Å². The molecule has 0 spiro atoms. The van der Waals surface area contributed by atoms with Crippen LogP contribution in [0, 0.1) is 17.8 Å². The minimum absolute atomic E-state index is 0.0646. The molecule has 1 aliphatic carbocycles. The number of carbonyl (C=O) groups excluding carboxylic acids is 3. The zero-order chi connectivity index (χ0) is 22.9. The van der Waals surface area contributed by atoms with Gasteiger partial charge in [-0.05, 0) is 42.9 Å². The number of amides is 3. The number of hydrogen-bond donors (Lipinski definition) is 0. The lowest BCUT2D eigenvalue weighted by Gasteiger charge is -2.31. The van der Waals surface area contributed by atoms with Crippen LogP contribution in [0.1, 0.15) is 44.2 Å². The lowest BCUT2D eigenvalue weighted by atomic mass is 9.85. The standard InChI is InChI=1S/C23H27F3N2O3/c1-14(2)12-19(28-20(29)17-6-4-5-7-18(17)21(28)30)22(31)27(3)13-15-8-10-16(11-9-15)23(24,25)26/h4-5,8-11,14,17-19H,6-7,12-13H2,1-3H3. The zero-order valence-corrected chi connectivity index (χ0v) is 17.9. The first-order valence-corrected chi connectivity index (χ1v) is 10.4. The summed E-state index contributed by atoms with van der Waals surface area (Å²) in [5.41, 5.74) is -0.225. The lowest BCUT2D eigenvalue weighted by molar-refractivity contribution is -0.152. The summed E-state index contributed by atoms with van der Waals surface area (Å²) in [5.74, 6) is -1.76. The van der Waals surface area contributed by atoms with Crippen LogP contribution in [0.25, 0.3) is 0 Å². The molecule has 168 valence electrons. The van der Waals surface area contributed by atoms with Crippen LogP contribution in [0.15, 0.2) is 36.4 Å². The molecule has 31 heavy (non-hydrogen) atoms. The molecular formula is C23H27F3N2O3. The summed E-state index contributed by atoms with van der Waals surface area (Å²) in [6, 6.07) is 3.70. The normalized spacial score (nSPS) is 22.1. The molecule has 0 bridgehead atoms. The number of allylic oxidation sites excluding steroid dienone is 2. The number of benzene rings is 1. The maximum absolute atomic E-state index is 13.3. The monoisotopic (exact) mass is 436 g/mol. The molecule has 5 nitrogen and oxygen atoms in total. The van der Waals surface area contributed by atoms with E-state index in [1.165, 1.54) is 24.1 Å². The molecule has 8 heteroatoms. The minimum atomic E-state index is -4.43. The first kappa shape index (κ1) is 23.0. The van der Waals surface area contributed by atoms with Crippen molar-refractivity contribution in [3.05, 3.63) is 47.5 Å². The van der Waals surface area contributed by atoms with Crippen molar-refractivity contribution in [1.82, 2.24) is 9.80 Å². The summed E-state index contributed by atoms with van der Waals surface area (Å²) < 4.78 is 38.3. The predicted molar refractivity (Wildman–Crippen MR) is 108 cm³/mol. The Morgan fingerprint density at radius 3 is 2.03 bits per heavy atom. The van der Waals surface area contributed by atoms with Gasteiger partial charge in [-0.1, -0.05) is 38.1 Å². The van der Waals surface area contributed by atoms with E-state index in [9.17, 15) is 27.6 Å². The molecule has 3 atom stereocenters. The predicted octanol–water partition coefficient (Wildman–Crippen LogP) is 4.03. The first-order valence-electron chi connectivity index (χ1n) is 10.4. The molecule has 1 heterocycles. The van der Waals surface area contributed by atoms with Crippen LogP contribution in [0.5, 0.6) is 0 Å². The van der Waals surface area contributed by atoms with Crippen molar-refractivity contribution in [2.45, 2.75) is 51.9 Å². The van der Waals surface area contributed by atoms with Crippen LogP contribution in [0.3, 0.4) is 0 Å². The Balaban J connectivity index is 1.78. The Morgan fingerprint density at radius 1 is 1.06 bits per heavy atom. The number of rotatable bonds is 6. The highest BCUT2D eigenvalue weighted by atomic mass is 19.4. The van der Waals surface area contributed by atoms with Crippen LogP contribution >= 0.6 is 0 Å². The second-order valence-electron chi connectivity index (χ2n) is 8.74. The second kappa shape index (κ2) is 8.85. The summed E-state index contributed by atoms with van der Waals surface area (Å²) in [6.45, 7) is 3.90. The molecule has 0 radical (unpaired) electrons. The minimum Gasteiger partial charge on any atom is -0.340 e. The zero-order valence-electron chi connectivity index (χ0n) is 17.9. The molecule has 0 aromatic heterocycles. The van der Waals surface area contributed by atoms with Crippen LogP contribution in [-0.2, 0) is 27.1 Å². The Labute approximate surface area is 179 Å². The van der Waals surface area contributed by atoms with Gasteiger partial charge in [0.15, 0.2) is 0 Å². The Kier molecular flexibility index (Phi) is 6.57. The van der Waals surface area contributed by atoms with E-state index in [0.29, 0.717) is 24.8 Å². The quantitative estimate of drug-likeness (QED) is 0.500. The fourth-order valence-corrected chi connectivity index (χ4v) is 4.30. The van der Waals surface area contributed by atoms with Gasteiger partial charge < -0.3 is 4.90 Å². The summed E-state index contributed by atoms with van der Waals surface area (Å²) in [4.78, 5) is 41.8.